The Morgan fingerprint density at radius 2 is 1.97 bits per heavy atom. The van der Waals surface area contributed by atoms with E-state index in [1.165, 1.54) is 7.11 Å². The number of anilines is 1. The van der Waals surface area contributed by atoms with Crippen molar-refractivity contribution < 1.29 is 19.1 Å². The fourth-order valence-electron chi connectivity index (χ4n) is 3.26. The van der Waals surface area contributed by atoms with Gasteiger partial charge in [-0.05, 0) is 61.9 Å². The summed E-state index contributed by atoms with van der Waals surface area (Å²) in [6, 6.07) is 11.8. The standard InChI is InChI=1S/C23H31N3O4/c1-3-30-23(28)26(21-7-4-14-25-17-21)15-5-6-20(16-24)19-11-8-18(9-12-19)10-13-22(27)29-2/h4,7-9,11-12,14,17,20H,3,5-6,10,13,15-16,24H2,1-2H3. The zero-order valence-electron chi connectivity index (χ0n) is 17.8. The molecule has 0 fully saturated rings. The van der Waals surface area contributed by atoms with Gasteiger partial charge in [-0.3, -0.25) is 14.7 Å². The largest absolute Gasteiger partial charge is 0.469 e. The van der Waals surface area contributed by atoms with Crippen molar-refractivity contribution in [3.8, 4) is 0 Å². The van der Waals surface area contributed by atoms with Gasteiger partial charge in [0.05, 0.1) is 25.6 Å². The van der Waals surface area contributed by atoms with Crippen LogP contribution in [0.3, 0.4) is 0 Å². The Bertz CT molecular complexity index is 781. The van der Waals surface area contributed by atoms with Crippen molar-refractivity contribution >= 4 is 17.7 Å². The number of methoxy groups -OCH3 is 1. The molecule has 2 N–H and O–H groups in total. The molecular formula is C23H31N3O4. The smallest absolute Gasteiger partial charge is 0.414 e. The van der Waals surface area contributed by atoms with Crippen LogP contribution in [0.5, 0.6) is 0 Å². The van der Waals surface area contributed by atoms with Crippen LogP contribution in [0.2, 0.25) is 0 Å². The van der Waals surface area contributed by atoms with E-state index in [1.807, 2.05) is 18.2 Å². The summed E-state index contributed by atoms with van der Waals surface area (Å²) in [4.78, 5) is 29.3. The normalized spacial score (nSPS) is 11.6. The number of pyridine rings is 1. The summed E-state index contributed by atoms with van der Waals surface area (Å²) in [5, 5.41) is 0. The maximum absolute atomic E-state index is 12.3. The molecule has 2 aromatic rings. The molecule has 1 atom stereocenters. The minimum absolute atomic E-state index is 0.192. The van der Waals surface area contributed by atoms with E-state index in [2.05, 4.69) is 21.9 Å². The van der Waals surface area contributed by atoms with Crippen molar-refractivity contribution in [3.63, 3.8) is 0 Å². The monoisotopic (exact) mass is 413 g/mol. The fraction of sp³-hybridized carbons (Fsp3) is 0.435. The van der Waals surface area contributed by atoms with Crippen LogP contribution in [0.25, 0.3) is 0 Å². The van der Waals surface area contributed by atoms with Crippen molar-refractivity contribution in [1.29, 1.82) is 0 Å². The molecule has 0 aliphatic heterocycles. The summed E-state index contributed by atoms with van der Waals surface area (Å²) in [7, 11) is 1.40. The van der Waals surface area contributed by atoms with Gasteiger partial charge < -0.3 is 15.2 Å². The van der Waals surface area contributed by atoms with Gasteiger partial charge in [0.15, 0.2) is 0 Å². The van der Waals surface area contributed by atoms with E-state index in [0.717, 1.165) is 29.7 Å². The molecule has 1 unspecified atom stereocenters. The van der Waals surface area contributed by atoms with Crippen LogP contribution >= 0.6 is 0 Å². The Morgan fingerprint density at radius 3 is 2.57 bits per heavy atom. The lowest BCUT2D eigenvalue weighted by molar-refractivity contribution is -0.140. The molecule has 2 rings (SSSR count). The van der Waals surface area contributed by atoms with Gasteiger partial charge in [0.25, 0.3) is 0 Å². The highest BCUT2D eigenvalue weighted by Gasteiger charge is 2.18. The van der Waals surface area contributed by atoms with Crippen LogP contribution in [0.15, 0.2) is 48.8 Å². The van der Waals surface area contributed by atoms with E-state index in [4.69, 9.17) is 10.5 Å². The molecule has 0 aliphatic carbocycles. The molecule has 1 aromatic heterocycles. The predicted molar refractivity (Wildman–Crippen MR) is 116 cm³/mol. The maximum atomic E-state index is 12.3. The van der Waals surface area contributed by atoms with E-state index in [0.29, 0.717) is 32.5 Å². The summed E-state index contributed by atoms with van der Waals surface area (Å²) >= 11 is 0. The predicted octanol–water partition coefficient (Wildman–Crippen LogP) is 3.67. The van der Waals surface area contributed by atoms with Crippen LogP contribution in [-0.2, 0) is 20.7 Å². The van der Waals surface area contributed by atoms with E-state index < -0.39 is 0 Å². The number of nitrogens with two attached hydrogens (primary N) is 1. The van der Waals surface area contributed by atoms with Gasteiger partial charge in [0, 0.05) is 19.2 Å². The van der Waals surface area contributed by atoms with E-state index in [-0.39, 0.29) is 18.0 Å². The minimum Gasteiger partial charge on any atom is -0.469 e. The summed E-state index contributed by atoms with van der Waals surface area (Å²) in [6.45, 7) is 3.16. The molecule has 7 nitrogen and oxygen atoms in total. The van der Waals surface area contributed by atoms with Crippen LogP contribution in [0, 0.1) is 0 Å². The minimum atomic E-state index is -0.371. The van der Waals surface area contributed by atoms with Gasteiger partial charge in [-0.2, -0.15) is 0 Å². The summed E-state index contributed by atoms with van der Waals surface area (Å²) in [5.74, 6) is -0.0173. The Balaban J connectivity index is 1.94. The molecule has 0 spiro atoms. The first-order valence-electron chi connectivity index (χ1n) is 10.3. The number of amides is 1. The Hall–Kier alpha value is -2.93. The summed E-state index contributed by atoms with van der Waals surface area (Å²) < 4.78 is 9.87. The number of aromatic nitrogens is 1. The van der Waals surface area contributed by atoms with Crippen molar-refractivity contribution in [1.82, 2.24) is 4.98 Å². The molecule has 30 heavy (non-hydrogen) atoms. The van der Waals surface area contributed by atoms with Crippen molar-refractivity contribution in [2.45, 2.75) is 38.5 Å². The average Bonchev–Trinajstić information content (AvgIpc) is 2.78. The second-order valence-electron chi connectivity index (χ2n) is 6.95. The van der Waals surface area contributed by atoms with Gasteiger partial charge in [0.2, 0.25) is 0 Å². The topological polar surface area (TPSA) is 94.8 Å². The van der Waals surface area contributed by atoms with Gasteiger partial charge in [-0.1, -0.05) is 24.3 Å². The molecule has 1 amide bonds. The number of carbonyl (C=O) groups excluding carboxylic acids is 2. The number of hydrogen-bond acceptors (Lipinski definition) is 6. The van der Waals surface area contributed by atoms with Gasteiger partial charge in [0.1, 0.15) is 0 Å². The highest BCUT2D eigenvalue weighted by Crippen LogP contribution is 2.23. The summed E-state index contributed by atoms with van der Waals surface area (Å²) in [6.07, 6.45) is 5.60. The third-order valence-corrected chi connectivity index (χ3v) is 4.96. The number of ether oxygens (including phenoxy) is 2. The first kappa shape index (κ1) is 23.3. The van der Waals surface area contributed by atoms with Crippen LogP contribution in [0.4, 0.5) is 10.5 Å². The number of aryl methyl sites for hydroxylation is 1. The molecule has 0 aliphatic rings. The quantitative estimate of drug-likeness (QED) is 0.565. The first-order chi connectivity index (χ1) is 14.6. The van der Waals surface area contributed by atoms with Crippen molar-refractivity contribution in [2.24, 2.45) is 5.73 Å². The summed E-state index contributed by atoms with van der Waals surface area (Å²) in [5.41, 5.74) is 8.98. The second kappa shape index (κ2) is 12.6. The number of nitrogens with zero attached hydrogens (tertiary/aromatic N) is 2. The molecule has 7 heteroatoms. The molecule has 1 aromatic carbocycles. The molecule has 0 saturated carbocycles. The van der Waals surface area contributed by atoms with Crippen LogP contribution in [-0.4, -0.2) is 43.9 Å². The molecule has 0 saturated heterocycles. The lowest BCUT2D eigenvalue weighted by Gasteiger charge is -2.23. The van der Waals surface area contributed by atoms with Crippen LogP contribution in [0.1, 0.15) is 43.2 Å². The number of hydrogen-bond donors (Lipinski definition) is 1. The Morgan fingerprint density at radius 1 is 1.20 bits per heavy atom. The third kappa shape index (κ3) is 7.15. The molecule has 0 bridgehead atoms. The average molecular weight is 414 g/mol. The van der Waals surface area contributed by atoms with E-state index in [1.54, 1.807) is 30.3 Å². The third-order valence-electron chi connectivity index (χ3n) is 4.96. The zero-order chi connectivity index (χ0) is 21.8. The lowest BCUT2D eigenvalue weighted by Crippen LogP contribution is -2.33. The van der Waals surface area contributed by atoms with E-state index in [9.17, 15) is 9.59 Å². The van der Waals surface area contributed by atoms with Crippen LogP contribution < -0.4 is 10.6 Å². The second-order valence-corrected chi connectivity index (χ2v) is 6.95. The van der Waals surface area contributed by atoms with E-state index >= 15 is 0 Å². The number of benzene rings is 1. The fourth-order valence-corrected chi connectivity index (χ4v) is 3.26. The lowest BCUT2D eigenvalue weighted by atomic mass is 9.93. The number of rotatable bonds is 11. The first-order valence-corrected chi connectivity index (χ1v) is 10.3. The Kier molecular flexibility index (Phi) is 9.80. The number of esters is 1. The van der Waals surface area contributed by atoms with Crippen molar-refractivity contribution in [2.75, 3.05) is 31.7 Å². The molecule has 162 valence electrons. The van der Waals surface area contributed by atoms with Crippen molar-refractivity contribution in [3.05, 3.63) is 59.9 Å². The maximum Gasteiger partial charge on any atom is 0.414 e. The van der Waals surface area contributed by atoms with Gasteiger partial charge in [-0.25, -0.2) is 4.79 Å². The molecular weight excluding hydrogens is 382 g/mol. The highest BCUT2D eigenvalue weighted by molar-refractivity contribution is 5.87. The SMILES string of the molecule is CCOC(=O)N(CCCC(CN)c1ccc(CCC(=O)OC)cc1)c1cccnc1. The van der Waals surface area contributed by atoms with Gasteiger partial charge in [-0.15, -0.1) is 0 Å². The molecule has 1 heterocycles. The highest BCUT2D eigenvalue weighted by atomic mass is 16.6. The Labute approximate surface area is 178 Å². The number of carbonyl (C=O) groups is 2. The van der Waals surface area contributed by atoms with Gasteiger partial charge >= 0.3 is 12.1 Å². The molecule has 0 radical (unpaired) electrons. The zero-order valence-corrected chi connectivity index (χ0v) is 17.8.